The van der Waals surface area contributed by atoms with Crippen LogP contribution in [0.1, 0.15) is 119 Å². The molecule has 0 N–H and O–H groups in total. The number of rotatable bonds is 18. The van der Waals surface area contributed by atoms with Crippen molar-refractivity contribution in [1.82, 2.24) is 0 Å². The molecule has 0 spiro atoms. The van der Waals surface area contributed by atoms with Gasteiger partial charge in [-0.05, 0) is 17.8 Å². The van der Waals surface area contributed by atoms with E-state index in [1.165, 1.54) is 77.0 Å². The summed E-state index contributed by atoms with van der Waals surface area (Å²) in [6.07, 6.45) is 17.5. The molecule has 1 heteroatoms. The van der Waals surface area contributed by atoms with E-state index < -0.39 is 14.1 Å². The molecule has 3 unspecified atom stereocenters. The minimum atomic E-state index is -0.470. The fraction of sp³-hybridized carbons (Fsp3) is 1.00. The maximum Gasteiger partial charge on any atom is 0.261 e. The van der Waals surface area contributed by atoms with E-state index in [2.05, 4.69) is 41.5 Å². The lowest BCUT2D eigenvalue weighted by molar-refractivity contribution is 0.471. The Morgan fingerprint density at radius 1 is 0.480 bits per heavy atom. The van der Waals surface area contributed by atoms with Gasteiger partial charge in [0.25, 0.3) is 14.1 Å². The van der Waals surface area contributed by atoms with Crippen LogP contribution < -0.4 is 0 Å². The molecular formula is C24H51Al. The van der Waals surface area contributed by atoms with E-state index in [1.807, 2.05) is 0 Å². The summed E-state index contributed by atoms with van der Waals surface area (Å²) in [7, 11) is 0. The van der Waals surface area contributed by atoms with Crippen molar-refractivity contribution in [3.05, 3.63) is 0 Å². The highest BCUT2D eigenvalue weighted by atomic mass is 27.2. The predicted octanol–water partition coefficient (Wildman–Crippen LogP) is 9.13. The second-order valence-corrected chi connectivity index (χ2v) is 12.8. The molecule has 0 saturated carbocycles. The van der Waals surface area contributed by atoms with Crippen LogP contribution in [0.5, 0.6) is 0 Å². The Hall–Kier alpha value is 0.532. The largest absolute Gasteiger partial charge is 0.261 e. The van der Waals surface area contributed by atoms with Crippen molar-refractivity contribution >= 4 is 14.1 Å². The Balaban J connectivity index is 4.11. The summed E-state index contributed by atoms with van der Waals surface area (Å²) < 4.78 is 0. The van der Waals surface area contributed by atoms with Crippen LogP contribution in [-0.2, 0) is 0 Å². The van der Waals surface area contributed by atoms with Gasteiger partial charge in [-0.1, -0.05) is 134 Å². The smallest absolute Gasteiger partial charge is 0.0938 e. The first-order valence-corrected chi connectivity index (χ1v) is 14.5. The SMILES string of the molecule is CCCC(C)CC[CH2][Al]([CH2]CCC(C)CCC)[CH2]CCC(C)CCC. The molecule has 0 nitrogen and oxygen atoms in total. The molecule has 0 aromatic rings. The minimum absolute atomic E-state index is 0.470. The lowest BCUT2D eigenvalue weighted by atomic mass is 10.0. The molecule has 0 saturated heterocycles. The van der Waals surface area contributed by atoms with Crippen molar-refractivity contribution in [2.45, 2.75) is 134 Å². The average molecular weight is 367 g/mol. The summed E-state index contributed by atoms with van der Waals surface area (Å²) in [4.78, 5) is 0. The van der Waals surface area contributed by atoms with Crippen LogP contribution >= 0.6 is 0 Å². The number of hydrogen-bond acceptors (Lipinski definition) is 0. The molecule has 0 aliphatic carbocycles. The highest BCUT2D eigenvalue weighted by molar-refractivity contribution is 6.58. The zero-order valence-electron chi connectivity index (χ0n) is 18.9. The van der Waals surface area contributed by atoms with Crippen molar-refractivity contribution < 1.29 is 0 Å². The molecule has 0 aliphatic heterocycles. The van der Waals surface area contributed by atoms with Crippen LogP contribution in [0.3, 0.4) is 0 Å². The highest BCUT2D eigenvalue weighted by Gasteiger charge is 2.17. The Morgan fingerprint density at radius 3 is 1.00 bits per heavy atom. The molecule has 0 radical (unpaired) electrons. The van der Waals surface area contributed by atoms with E-state index in [9.17, 15) is 0 Å². The van der Waals surface area contributed by atoms with Gasteiger partial charge in [-0.3, -0.25) is 0 Å². The van der Waals surface area contributed by atoms with Crippen molar-refractivity contribution in [3.8, 4) is 0 Å². The van der Waals surface area contributed by atoms with E-state index in [4.69, 9.17) is 0 Å². The topological polar surface area (TPSA) is 0 Å². The van der Waals surface area contributed by atoms with Crippen LogP contribution in [-0.4, -0.2) is 14.1 Å². The van der Waals surface area contributed by atoms with Crippen LogP contribution in [0.2, 0.25) is 15.8 Å². The molecule has 0 aromatic heterocycles. The van der Waals surface area contributed by atoms with Crippen molar-refractivity contribution in [2.24, 2.45) is 17.8 Å². The summed E-state index contributed by atoms with van der Waals surface area (Å²) in [5.41, 5.74) is 0. The lowest BCUT2D eigenvalue weighted by Crippen LogP contribution is -2.13. The van der Waals surface area contributed by atoms with Crippen molar-refractivity contribution in [1.29, 1.82) is 0 Å². The first-order valence-electron chi connectivity index (χ1n) is 12.0. The molecule has 0 aromatic carbocycles. The zero-order chi connectivity index (χ0) is 18.9. The summed E-state index contributed by atoms with van der Waals surface area (Å²) in [6, 6.07) is 0. The highest BCUT2D eigenvalue weighted by Crippen LogP contribution is 2.24. The van der Waals surface area contributed by atoms with E-state index >= 15 is 0 Å². The zero-order valence-corrected chi connectivity index (χ0v) is 20.1. The molecular weight excluding hydrogens is 315 g/mol. The second-order valence-electron chi connectivity index (χ2n) is 9.34. The van der Waals surface area contributed by atoms with Gasteiger partial charge < -0.3 is 0 Å². The third-order valence-electron chi connectivity index (χ3n) is 6.27. The number of hydrogen-bond donors (Lipinski definition) is 0. The van der Waals surface area contributed by atoms with E-state index in [0.717, 1.165) is 17.8 Å². The van der Waals surface area contributed by atoms with Crippen LogP contribution in [0.25, 0.3) is 0 Å². The third kappa shape index (κ3) is 16.4. The van der Waals surface area contributed by atoms with Crippen LogP contribution in [0.15, 0.2) is 0 Å². The molecule has 3 atom stereocenters. The quantitative estimate of drug-likeness (QED) is 0.212. The molecule has 0 rings (SSSR count). The van der Waals surface area contributed by atoms with Gasteiger partial charge in [0.05, 0.1) is 0 Å². The molecule has 0 amide bonds. The van der Waals surface area contributed by atoms with Crippen molar-refractivity contribution in [3.63, 3.8) is 0 Å². The molecule has 0 bridgehead atoms. The monoisotopic (exact) mass is 366 g/mol. The van der Waals surface area contributed by atoms with Gasteiger partial charge in [0, 0.05) is 0 Å². The first kappa shape index (κ1) is 25.5. The predicted molar refractivity (Wildman–Crippen MR) is 120 cm³/mol. The fourth-order valence-electron chi connectivity index (χ4n) is 4.61. The van der Waals surface area contributed by atoms with Crippen LogP contribution in [0, 0.1) is 17.8 Å². The Bertz CT molecular complexity index is 220. The maximum atomic E-state index is 2.47. The third-order valence-corrected chi connectivity index (χ3v) is 9.95. The standard InChI is InChI=1S/3C8H17.Al/c3*1-4-6-8(3)7-5-2;/h3*8H,1,4-7H2,2-3H3;. The van der Waals surface area contributed by atoms with Crippen LogP contribution in [0.4, 0.5) is 0 Å². The van der Waals surface area contributed by atoms with Gasteiger partial charge in [0.15, 0.2) is 0 Å². The molecule has 0 fully saturated rings. The minimum Gasteiger partial charge on any atom is -0.0938 e. The van der Waals surface area contributed by atoms with Gasteiger partial charge in [-0.2, -0.15) is 0 Å². The van der Waals surface area contributed by atoms with E-state index in [0.29, 0.717) is 0 Å². The van der Waals surface area contributed by atoms with E-state index in [-0.39, 0.29) is 0 Å². The summed E-state index contributed by atoms with van der Waals surface area (Å²) >= 11 is -0.470. The van der Waals surface area contributed by atoms with Gasteiger partial charge in [0.1, 0.15) is 0 Å². The Labute approximate surface area is 166 Å². The summed E-state index contributed by atoms with van der Waals surface area (Å²) in [5.74, 6) is 2.90. The molecule has 0 aliphatic rings. The molecule has 0 heterocycles. The normalized spacial score (nSPS) is 15.1. The van der Waals surface area contributed by atoms with Gasteiger partial charge in [-0.25, -0.2) is 0 Å². The van der Waals surface area contributed by atoms with Crippen molar-refractivity contribution in [2.75, 3.05) is 0 Å². The maximum absolute atomic E-state index is 2.47. The second kappa shape index (κ2) is 17.9. The Morgan fingerprint density at radius 2 is 0.760 bits per heavy atom. The first-order chi connectivity index (χ1) is 12.0. The average Bonchev–Trinajstić information content (AvgIpc) is 2.55. The summed E-state index contributed by atoms with van der Waals surface area (Å²) in [6.45, 7) is 14.4. The van der Waals surface area contributed by atoms with Gasteiger partial charge >= 0.3 is 0 Å². The Kier molecular flexibility index (Phi) is 18.3. The molecule has 25 heavy (non-hydrogen) atoms. The molecule has 150 valence electrons. The lowest BCUT2D eigenvalue weighted by Gasteiger charge is -2.17. The van der Waals surface area contributed by atoms with Gasteiger partial charge in [0.2, 0.25) is 0 Å². The fourth-order valence-corrected chi connectivity index (χ4v) is 7.91. The van der Waals surface area contributed by atoms with Gasteiger partial charge in [-0.15, -0.1) is 0 Å². The van der Waals surface area contributed by atoms with E-state index in [1.54, 1.807) is 15.8 Å². The summed E-state index contributed by atoms with van der Waals surface area (Å²) in [5, 5.41) is 4.91.